The van der Waals surface area contributed by atoms with Crippen LogP contribution in [0.2, 0.25) is 0 Å². The van der Waals surface area contributed by atoms with Gasteiger partial charge in [-0.05, 0) is 73.9 Å². The van der Waals surface area contributed by atoms with Crippen LogP contribution >= 0.6 is 11.8 Å². The summed E-state index contributed by atoms with van der Waals surface area (Å²) in [6, 6.07) is 8.68. The van der Waals surface area contributed by atoms with Crippen molar-refractivity contribution in [3.8, 4) is 0 Å². The van der Waals surface area contributed by atoms with E-state index in [1.165, 1.54) is 17.7 Å². The number of anilines is 2. The monoisotopic (exact) mass is 437 g/mol. The molecule has 2 aromatic rings. The van der Waals surface area contributed by atoms with Crippen molar-refractivity contribution in [2.24, 2.45) is 10.4 Å². The number of halogens is 1. The van der Waals surface area contributed by atoms with Gasteiger partial charge in [-0.3, -0.25) is 4.99 Å². The molecule has 2 aliphatic carbocycles. The van der Waals surface area contributed by atoms with Crippen LogP contribution in [0.4, 0.5) is 15.9 Å². The molecule has 1 heterocycles. The number of nitrogens with zero attached hydrogens (tertiary/aromatic N) is 3. The van der Waals surface area contributed by atoms with E-state index >= 15 is 0 Å². The summed E-state index contributed by atoms with van der Waals surface area (Å²) in [5, 5.41) is 7.94. The molecule has 5 nitrogen and oxygen atoms in total. The van der Waals surface area contributed by atoms with Gasteiger partial charge in [0, 0.05) is 42.3 Å². The molecule has 7 heteroatoms. The number of nitrogens with one attached hydrogen (secondary N) is 2. The number of aromatic nitrogens is 2. The first-order valence-electron chi connectivity index (χ1n) is 10.5. The van der Waals surface area contributed by atoms with Gasteiger partial charge in [-0.2, -0.15) is 0 Å². The molecule has 2 atom stereocenters. The molecule has 2 N–H and O–H groups in total. The van der Waals surface area contributed by atoms with Gasteiger partial charge in [0.15, 0.2) is 5.16 Å². The number of hydrogen-bond acceptors (Lipinski definition) is 6. The quantitative estimate of drug-likeness (QED) is 0.345. The summed E-state index contributed by atoms with van der Waals surface area (Å²) in [5.74, 6) is 0.636. The molecule has 1 aromatic carbocycles. The maximum Gasteiger partial charge on any atom is 0.189 e. The van der Waals surface area contributed by atoms with Crippen molar-refractivity contribution in [3.05, 3.63) is 65.3 Å². The van der Waals surface area contributed by atoms with Gasteiger partial charge in [0.2, 0.25) is 0 Å². The molecule has 0 spiro atoms. The van der Waals surface area contributed by atoms with Crippen LogP contribution in [0, 0.1) is 11.2 Å². The number of fused-ring (bicyclic) bond motifs is 1. The molecule has 1 aromatic heterocycles. The minimum absolute atomic E-state index is 0.0345. The lowest BCUT2D eigenvalue weighted by Crippen LogP contribution is -2.45. The third-order valence-electron chi connectivity index (χ3n) is 6.21. The molecule has 162 valence electrons. The van der Waals surface area contributed by atoms with Gasteiger partial charge >= 0.3 is 0 Å². The summed E-state index contributed by atoms with van der Waals surface area (Å²) >= 11 is 1.55. The SMILES string of the molecule is CN=CC1=C(Nc2ccc(F)cc2)C=C2CCCC(Nc3ccnc(SC)n3)[C@@]2(C)C1. The Hall–Kier alpha value is -2.67. The fourth-order valence-electron chi connectivity index (χ4n) is 4.56. The van der Waals surface area contributed by atoms with E-state index in [0.29, 0.717) is 0 Å². The second kappa shape index (κ2) is 9.22. The fraction of sp³-hybridized carbons (Fsp3) is 0.375. The summed E-state index contributed by atoms with van der Waals surface area (Å²) in [6.45, 7) is 2.34. The van der Waals surface area contributed by atoms with Crippen LogP contribution in [-0.4, -0.2) is 35.5 Å². The first-order chi connectivity index (χ1) is 15.0. The fourth-order valence-corrected chi connectivity index (χ4v) is 4.92. The number of thioether (sulfide) groups is 1. The molecule has 0 aliphatic heterocycles. The molecule has 0 radical (unpaired) electrons. The zero-order valence-electron chi connectivity index (χ0n) is 18.2. The second-order valence-electron chi connectivity index (χ2n) is 8.24. The van der Waals surface area contributed by atoms with Gasteiger partial charge in [0.05, 0.1) is 0 Å². The number of aliphatic imine (C=N–C) groups is 1. The van der Waals surface area contributed by atoms with E-state index in [1.807, 2.05) is 24.7 Å². The Kier molecular flexibility index (Phi) is 6.41. The minimum Gasteiger partial charge on any atom is -0.366 e. The molecule has 31 heavy (non-hydrogen) atoms. The van der Waals surface area contributed by atoms with E-state index in [-0.39, 0.29) is 17.3 Å². The van der Waals surface area contributed by atoms with Crippen LogP contribution in [0.5, 0.6) is 0 Å². The lowest BCUT2D eigenvalue weighted by molar-refractivity contribution is 0.267. The highest BCUT2D eigenvalue weighted by Gasteiger charge is 2.43. The lowest BCUT2D eigenvalue weighted by atomic mass is 9.62. The van der Waals surface area contributed by atoms with Crippen LogP contribution in [0.15, 0.2) is 69.6 Å². The summed E-state index contributed by atoms with van der Waals surface area (Å²) in [7, 11) is 1.80. The van der Waals surface area contributed by atoms with Gasteiger partial charge < -0.3 is 10.6 Å². The summed E-state index contributed by atoms with van der Waals surface area (Å²) in [6.07, 6.45) is 12.2. The normalized spacial score (nSPS) is 23.5. The zero-order chi connectivity index (χ0) is 21.8. The van der Waals surface area contributed by atoms with Crippen molar-refractivity contribution >= 4 is 29.5 Å². The highest BCUT2D eigenvalue weighted by molar-refractivity contribution is 7.98. The highest BCUT2D eigenvalue weighted by Crippen LogP contribution is 2.49. The molecule has 1 fully saturated rings. The largest absolute Gasteiger partial charge is 0.366 e. The molecule has 4 rings (SSSR count). The Bertz CT molecular complexity index is 1030. The summed E-state index contributed by atoms with van der Waals surface area (Å²) < 4.78 is 13.3. The number of hydrogen-bond donors (Lipinski definition) is 2. The van der Waals surface area contributed by atoms with Crippen molar-refractivity contribution in [1.29, 1.82) is 0 Å². The smallest absolute Gasteiger partial charge is 0.189 e. The van der Waals surface area contributed by atoms with Crippen molar-refractivity contribution in [1.82, 2.24) is 9.97 Å². The van der Waals surface area contributed by atoms with Gasteiger partial charge in [0.1, 0.15) is 11.6 Å². The van der Waals surface area contributed by atoms with E-state index in [9.17, 15) is 4.39 Å². The predicted molar refractivity (Wildman–Crippen MR) is 127 cm³/mol. The Morgan fingerprint density at radius 1 is 1.26 bits per heavy atom. The van der Waals surface area contributed by atoms with Crippen molar-refractivity contribution < 1.29 is 4.39 Å². The van der Waals surface area contributed by atoms with Crippen LogP contribution < -0.4 is 10.6 Å². The molecule has 0 amide bonds. The van der Waals surface area contributed by atoms with Gasteiger partial charge in [-0.1, -0.05) is 24.3 Å². The van der Waals surface area contributed by atoms with Crippen LogP contribution in [0.25, 0.3) is 0 Å². The maximum absolute atomic E-state index is 13.3. The average molecular weight is 438 g/mol. The third-order valence-corrected chi connectivity index (χ3v) is 6.77. The molecule has 1 saturated carbocycles. The van der Waals surface area contributed by atoms with E-state index < -0.39 is 0 Å². The van der Waals surface area contributed by atoms with E-state index in [4.69, 9.17) is 0 Å². The molecule has 0 bridgehead atoms. The Balaban J connectivity index is 1.63. The van der Waals surface area contributed by atoms with Crippen molar-refractivity contribution in [2.45, 2.75) is 43.8 Å². The van der Waals surface area contributed by atoms with E-state index in [2.05, 4.69) is 38.6 Å². The minimum atomic E-state index is -0.236. The van der Waals surface area contributed by atoms with Crippen molar-refractivity contribution in [3.63, 3.8) is 0 Å². The first-order valence-corrected chi connectivity index (χ1v) is 11.8. The number of allylic oxidation sites excluding steroid dienone is 2. The van der Waals surface area contributed by atoms with E-state index in [0.717, 1.165) is 53.6 Å². The average Bonchev–Trinajstić information content (AvgIpc) is 2.77. The topological polar surface area (TPSA) is 62.2 Å². The predicted octanol–water partition coefficient (Wildman–Crippen LogP) is 5.71. The molecule has 1 unspecified atom stereocenters. The molecule has 0 saturated heterocycles. The summed E-state index contributed by atoms with van der Waals surface area (Å²) in [4.78, 5) is 13.2. The van der Waals surface area contributed by atoms with E-state index in [1.54, 1.807) is 30.9 Å². The Labute approximate surface area is 187 Å². The Morgan fingerprint density at radius 2 is 2.06 bits per heavy atom. The van der Waals surface area contributed by atoms with Crippen LogP contribution in [0.3, 0.4) is 0 Å². The zero-order valence-corrected chi connectivity index (χ0v) is 19.0. The van der Waals surface area contributed by atoms with Crippen molar-refractivity contribution in [2.75, 3.05) is 23.9 Å². The number of rotatable bonds is 6. The third kappa shape index (κ3) is 4.66. The molecular weight excluding hydrogens is 409 g/mol. The van der Waals surface area contributed by atoms with Crippen LogP contribution in [-0.2, 0) is 0 Å². The van der Waals surface area contributed by atoms with Gasteiger partial charge in [-0.15, -0.1) is 0 Å². The van der Waals surface area contributed by atoms with Gasteiger partial charge in [-0.25, -0.2) is 14.4 Å². The lowest BCUT2D eigenvalue weighted by Gasteiger charge is -2.47. The standard InChI is InChI=1S/C24H28FN5S/c1-24-14-16(15-26-2)20(28-19-9-7-18(25)8-10-19)13-17(24)5-4-6-21(24)29-22-11-12-27-23(30-22)31-3/h7-13,15,21,28H,4-6,14H2,1-3H3,(H,27,29,30)/t21?,24-/m0/s1. The molecular formula is C24H28FN5S. The second-order valence-corrected chi connectivity index (χ2v) is 9.01. The number of benzene rings is 1. The molecule has 2 aliphatic rings. The maximum atomic E-state index is 13.3. The highest BCUT2D eigenvalue weighted by atomic mass is 32.2. The first kappa shape index (κ1) is 21.6. The van der Waals surface area contributed by atoms with Crippen LogP contribution in [0.1, 0.15) is 32.6 Å². The summed E-state index contributed by atoms with van der Waals surface area (Å²) in [5.41, 5.74) is 4.45. The Morgan fingerprint density at radius 3 is 2.81 bits per heavy atom. The van der Waals surface area contributed by atoms with Gasteiger partial charge in [0.25, 0.3) is 0 Å².